The standard InChI is InChI=1S/C16H28N4O4/c1-5-7-10(16(3,4)6-2)12(19-15(23)24)13(21)14(22)18-11-8-9-17-20-11/h8-10,12-13,19,21H,5-7H2,1-4H3,(H,23,24)(H2,17,18,20,22)/t10?,12-,13+/m0/s1. The van der Waals surface area contributed by atoms with E-state index >= 15 is 0 Å². The van der Waals surface area contributed by atoms with Gasteiger partial charge in [0.05, 0.1) is 12.2 Å². The van der Waals surface area contributed by atoms with Crippen LogP contribution in [0.5, 0.6) is 0 Å². The lowest BCUT2D eigenvalue weighted by atomic mass is 9.69. The Balaban J connectivity index is 3.03. The Hall–Kier alpha value is -2.09. The number of hydrogen-bond donors (Lipinski definition) is 5. The monoisotopic (exact) mass is 340 g/mol. The number of amides is 2. The van der Waals surface area contributed by atoms with Crippen molar-refractivity contribution in [2.24, 2.45) is 11.3 Å². The first kappa shape index (κ1) is 20.0. The predicted molar refractivity (Wildman–Crippen MR) is 90.6 cm³/mol. The molecule has 0 aliphatic rings. The molecule has 0 saturated heterocycles. The van der Waals surface area contributed by atoms with Crippen molar-refractivity contribution in [2.75, 3.05) is 5.32 Å². The third-order valence-corrected chi connectivity index (χ3v) is 4.61. The van der Waals surface area contributed by atoms with Crippen LogP contribution in [-0.2, 0) is 4.79 Å². The van der Waals surface area contributed by atoms with Gasteiger partial charge >= 0.3 is 6.09 Å². The molecule has 2 amide bonds. The van der Waals surface area contributed by atoms with Gasteiger partial charge in [0.25, 0.3) is 5.91 Å². The normalized spacial score (nSPS) is 15.4. The zero-order valence-corrected chi connectivity index (χ0v) is 14.7. The highest BCUT2D eigenvalue weighted by Gasteiger charge is 2.41. The molecule has 0 fully saturated rings. The predicted octanol–water partition coefficient (Wildman–Crippen LogP) is 2.20. The third-order valence-electron chi connectivity index (χ3n) is 4.61. The van der Waals surface area contributed by atoms with Gasteiger partial charge in [0.15, 0.2) is 6.10 Å². The zero-order chi connectivity index (χ0) is 18.3. The molecule has 0 aliphatic carbocycles. The van der Waals surface area contributed by atoms with Gasteiger partial charge in [0.2, 0.25) is 0 Å². The number of H-pyrrole nitrogens is 1. The van der Waals surface area contributed by atoms with Crippen LogP contribution in [0.2, 0.25) is 0 Å². The molecule has 1 heterocycles. The van der Waals surface area contributed by atoms with Crippen molar-refractivity contribution in [1.29, 1.82) is 0 Å². The quantitative estimate of drug-likeness (QED) is 0.471. The van der Waals surface area contributed by atoms with Crippen molar-refractivity contribution < 1.29 is 19.8 Å². The summed E-state index contributed by atoms with van der Waals surface area (Å²) in [7, 11) is 0. The number of aliphatic hydroxyl groups excluding tert-OH is 1. The Morgan fingerprint density at radius 2 is 2.04 bits per heavy atom. The molecule has 1 aromatic heterocycles. The summed E-state index contributed by atoms with van der Waals surface area (Å²) in [6, 6.07) is 0.643. The second-order valence-corrected chi connectivity index (χ2v) is 6.62. The minimum Gasteiger partial charge on any atom is -0.465 e. The summed E-state index contributed by atoms with van der Waals surface area (Å²) in [6.45, 7) is 8.04. The number of carbonyl (C=O) groups is 2. The molecule has 3 atom stereocenters. The van der Waals surface area contributed by atoms with Gasteiger partial charge in [-0.15, -0.1) is 0 Å². The van der Waals surface area contributed by atoms with Gasteiger partial charge in [-0.25, -0.2) is 4.79 Å². The van der Waals surface area contributed by atoms with E-state index in [2.05, 4.69) is 20.8 Å². The zero-order valence-electron chi connectivity index (χ0n) is 14.7. The fourth-order valence-corrected chi connectivity index (χ4v) is 2.87. The molecule has 1 aromatic rings. The van der Waals surface area contributed by atoms with Gasteiger partial charge in [-0.05, 0) is 17.8 Å². The SMILES string of the molecule is CCCC([C@H](NC(=O)O)[C@@H](O)C(=O)Nc1ccn[nH]1)C(C)(C)CC. The largest absolute Gasteiger partial charge is 0.465 e. The van der Waals surface area contributed by atoms with E-state index in [1.165, 1.54) is 6.20 Å². The van der Waals surface area contributed by atoms with E-state index in [1.807, 2.05) is 27.7 Å². The fraction of sp³-hybridized carbons (Fsp3) is 0.688. The van der Waals surface area contributed by atoms with Crippen LogP contribution in [0, 0.1) is 11.3 Å². The smallest absolute Gasteiger partial charge is 0.404 e. The van der Waals surface area contributed by atoms with Crippen LogP contribution in [0.1, 0.15) is 47.0 Å². The third kappa shape index (κ3) is 5.23. The highest BCUT2D eigenvalue weighted by molar-refractivity contribution is 5.94. The first-order valence-electron chi connectivity index (χ1n) is 8.20. The molecule has 1 unspecified atom stereocenters. The minimum absolute atomic E-state index is 0.189. The summed E-state index contributed by atoms with van der Waals surface area (Å²) >= 11 is 0. The average molecular weight is 340 g/mol. The van der Waals surface area contributed by atoms with Gasteiger partial charge in [-0.2, -0.15) is 5.10 Å². The van der Waals surface area contributed by atoms with Crippen molar-refractivity contribution in [2.45, 2.75) is 59.1 Å². The molecule has 5 N–H and O–H groups in total. The highest BCUT2D eigenvalue weighted by atomic mass is 16.4. The Bertz CT molecular complexity index is 530. The maximum Gasteiger partial charge on any atom is 0.404 e. The fourth-order valence-electron chi connectivity index (χ4n) is 2.87. The van der Waals surface area contributed by atoms with E-state index in [-0.39, 0.29) is 11.3 Å². The summed E-state index contributed by atoms with van der Waals surface area (Å²) in [5.41, 5.74) is -0.238. The van der Waals surface area contributed by atoms with Crippen molar-refractivity contribution in [3.8, 4) is 0 Å². The lowest BCUT2D eigenvalue weighted by molar-refractivity contribution is -0.127. The van der Waals surface area contributed by atoms with Crippen LogP contribution in [-0.4, -0.2) is 44.6 Å². The van der Waals surface area contributed by atoms with E-state index in [1.54, 1.807) is 6.07 Å². The van der Waals surface area contributed by atoms with Crippen molar-refractivity contribution in [3.63, 3.8) is 0 Å². The van der Waals surface area contributed by atoms with E-state index in [4.69, 9.17) is 5.11 Å². The van der Waals surface area contributed by atoms with Crippen molar-refractivity contribution in [1.82, 2.24) is 15.5 Å². The Morgan fingerprint density at radius 3 is 2.50 bits per heavy atom. The lowest BCUT2D eigenvalue weighted by Crippen LogP contribution is -2.55. The van der Waals surface area contributed by atoms with Crippen LogP contribution < -0.4 is 10.6 Å². The molecule has 0 aliphatic heterocycles. The number of nitrogens with one attached hydrogen (secondary N) is 3. The summed E-state index contributed by atoms with van der Waals surface area (Å²) < 4.78 is 0. The summed E-state index contributed by atoms with van der Waals surface area (Å²) in [5.74, 6) is -0.521. The number of aromatic amines is 1. The number of hydrogen-bond acceptors (Lipinski definition) is 4. The molecule has 0 aromatic carbocycles. The average Bonchev–Trinajstić information content (AvgIpc) is 3.02. The number of carboxylic acid groups (broad SMARTS) is 1. The number of aromatic nitrogens is 2. The molecule has 136 valence electrons. The maximum absolute atomic E-state index is 12.3. The molecule has 0 radical (unpaired) electrons. The van der Waals surface area contributed by atoms with E-state index in [9.17, 15) is 14.7 Å². The van der Waals surface area contributed by atoms with E-state index < -0.39 is 24.1 Å². The number of nitrogens with zero attached hydrogens (tertiary/aromatic N) is 1. The first-order valence-corrected chi connectivity index (χ1v) is 8.20. The molecular weight excluding hydrogens is 312 g/mol. The molecule has 1 rings (SSSR count). The van der Waals surface area contributed by atoms with Crippen LogP contribution in [0.4, 0.5) is 10.6 Å². The van der Waals surface area contributed by atoms with E-state index in [0.717, 1.165) is 12.8 Å². The summed E-state index contributed by atoms with van der Waals surface area (Å²) in [4.78, 5) is 23.5. The highest BCUT2D eigenvalue weighted by Crippen LogP contribution is 2.37. The molecule has 24 heavy (non-hydrogen) atoms. The molecule has 0 spiro atoms. The lowest BCUT2D eigenvalue weighted by Gasteiger charge is -2.40. The number of rotatable bonds is 9. The topological polar surface area (TPSA) is 127 Å². The van der Waals surface area contributed by atoms with Crippen molar-refractivity contribution >= 4 is 17.8 Å². The van der Waals surface area contributed by atoms with Gasteiger partial charge in [-0.3, -0.25) is 9.89 Å². The molecule has 8 nitrogen and oxygen atoms in total. The second kappa shape index (κ2) is 8.68. The molecule has 0 saturated carbocycles. The van der Waals surface area contributed by atoms with Crippen LogP contribution >= 0.6 is 0 Å². The molecule has 8 heteroatoms. The number of aliphatic hydroxyl groups is 1. The Labute approximate surface area is 142 Å². The Morgan fingerprint density at radius 1 is 1.38 bits per heavy atom. The summed E-state index contributed by atoms with van der Waals surface area (Å²) in [5, 5.41) is 30.8. The van der Waals surface area contributed by atoms with Gasteiger partial charge < -0.3 is 20.8 Å². The molecular formula is C16H28N4O4. The Kier molecular flexibility index (Phi) is 7.21. The molecule has 0 bridgehead atoms. The first-order chi connectivity index (χ1) is 11.2. The van der Waals surface area contributed by atoms with Crippen molar-refractivity contribution in [3.05, 3.63) is 12.3 Å². The van der Waals surface area contributed by atoms with Crippen LogP contribution in [0.3, 0.4) is 0 Å². The van der Waals surface area contributed by atoms with E-state index in [0.29, 0.717) is 12.2 Å². The van der Waals surface area contributed by atoms with Crippen LogP contribution in [0.25, 0.3) is 0 Å². The van der Waals surface area contributed by atoms with Gasteiger partial charge in [0, 0.05) is 6.07 Å². The second-order valence-electron chi connectivity index (χ2n) is 6.62. The van der Waals surface area contributed by atoms with Crippen LogP contribution in [0.15, 0.2) is 12.3 Å². The number of carbonyl (C=O) groups excluding carboxylic acids is 1. The number of anilines is 1. The maximum atomic E-state index is 12.3. The minimum atomic E-state index is -1.51. The van der Waals surface area contributed by atoms with Gasteiger partial charge in [-0.1, -0.05) is 40.5 Å². The summed E-state index contributed by atoms with van der Waals surface area (Å²) in [6.07, 6.45) is 1.01. The van der Waals surface area contributed by atoms with Gasteiger partial charge in [0.1, 0.15) is 5.82 Å².